The van der Waals surface area contributed by atoms with E-state index in [1.165, 1.54) is 0 Å². The fraction of sp³-hybridized carbons (Fsp3) is 0.0909. The van der Waals surface area contributed by atoms with Crippen LogP contribution in [0.5, 0.6) is 11.5 Å². The van der Waals surface area contributed by atoms with Crippen LogP contribution in [0.2, 0.25) is 5.02 Å². The molecule has 0 saturated heterocycles. The van der Waals surface area contributed by atoms with Gasteiger partial charge in [-0.25, -0.2) is 4.98 Å². The van der Waals surface area contributed by atoms with Crippen LogP contribution in [0, 0.1) is 6.92 Å². The zero-order chi connectivity index (χ0) is 20.0. The van der Waals surface area contributed by atoms with Gasteiger partial charge in [-0.05, 0) is 61.0 Å². The van der Waals surface area contributed by atoms with Crippen molar-refractivity contribution in [2.45, 2.75) is 6.92 Å². The topological polar surface area (TPSA) is 73.6 Å². The predicted octanol–water partition coefficient (Wildman–Crippen LogP) is 5.44. The Morgan fingerprint density at radius 3 is 2.79 bits per heavy atom. The highest BCUT2D eigenvalue weighted by Crippen LogP contribution is 2.34. The molecule has 0 aliphatic carbocycles. The SMILES string of the molecule is Cc1ccc2nc(-c3ccc(Cl)c(NC(=O)c4ccc5c(c4)OCO5)c3)oc2c1. The van der Waals surface area contributed by atoms with Crippen LogP contribution in [0.1, 0.15) is 15.9 Å². The summed E-state index contributed by atoms with van der Waals surface area (Å²) in [6, 6.07) is 16.1. The van der Waals surface area contributed by atoms with E-state index in [0.29, 0.717) is 44.8 Å². The summed E-state index contributed by atoms with van der Waals surface area (Å²) >= 11 is 6.30. The maximum absolute atomic E-state index is 12.7. The molecule has 29 heavy (non-hydrogen) atoms. The molecule has 0 unspecified atom stereocenters. The Hall–Kier alpha value is -3.51. The van der Waals surface area contributed by atoms with E-state index in [1.54, 1.807) is 36.4 Å². The molecule has 0 atom stereocenters. The molecule has 1 aliphatic rings. The van der Waals surface area contributed by atoms with Crippen molar-refractivity contribution in [3.63, 3.8) is 0 Å². The number of halogens is 1. The quantitative estimate of drug-likeness (QED) is 0.490. The second-order valence-corrected chi connectivity index (χ2v) is 7.11. The number of anilines is 1. The lowest BCUT2D eigenvalue weighted by Gasteiger charge is -2.09. The molecule has 144 valence electrons. The van der Waals surface area contributed by atoms with Gasteiger partial charge in [-0.1, -0.05) is 17.7 Å². The molecule has 5 rings (SSSR count). The fourth-order valence-corrected chi connectivity index (χ4v) is 3.31. The zero-order valence-electron chi connectivity index (χ0n) is 15.4. The van der Waals surface area contributed by atoms with Crippen LogP contribution in [-0.4, -0.2) is 17.7 Å². The lowest BCUT2D eigenvalue weighted by molar-refractivity contribution is 0.102. The number of aromatic nitrogens is 1. The maximum atomic E-state index is 12.7. The molecule has 6 nitrogen and oxygen atoms in total. The highest BCUT2D eigenvalue weighted by Gasteiger charge is 2.18. The number of nitrogens with one attached hydrogen (secondary N) is 1. The number of aryl methyl sites for hydroxylation is 1. The van der Waals surface area contributed by atoms with Gasteiger partial charge in [0.1, 0.15) is 5.52 Å². The first-order chi connectivity index (χ1) is 14.1. The molecule has 0 saturated carbocycles. The first kappa shape index (κ1) is 17.6. The van der Waals surface area contributed by atoms with E-state index >= 15 is 0 Å². The normalized spacial score (nSPS) is 12.3. The average molecular weight is 407 g/mol. The Morgan fingerprint density at radius 2 is 1.90 bits per heavy atom. The minimum atomic E-state index is -0.310. The summed E-state index contributed by atoms with van der Waals surface area (Å²) in [5.74, 6) is 1.31. The minimum Gasteiger partial charge on any atom is -0.454 e. The highest BCUT2D eigenvalue weighted by atomic mass is 35.5. The maximum Gasteiger partial charge on any atom is 0.255 e. The number of carbonyl (C=O) groups is 1. The molecule has 1 amide bonds. The van der Waals surface area contributed by atoms with Crippen LogP contribution in [0.25, 0.3) is 22.6 Å². The van der Waals surface area contributed by atoms with Gasteiger partial charge in [0.05, 0.1) is 10.7 Å². The largest absolute Gasteiger partial charge is 0.454 e. The summed E-state index contributed by atoms with van der Waals surface area (Å²) in [5.41, 5.74) is 4.18. The zero-order valence-corrected chi connectivity index (χ0v) is 16.1. The number of benzene rings is 3. The Kier molecular flexibility index (Phi) is 4.14. The van der Waals surface area contributed by atoms with Gasteiger partial charge in [-0.15, -0.1) is 0 Å². The van der Waals surface area contributed by atoms with E-state index in [1.807, 2.05) is 25.1 Å². The molecule has 1 N–H and O–H groups in total. The van der Waals surface area contributed by atoms with Crippen LogP contribution < -0.4 is 14.8 Å². The lowest BCUT2D eigenvalue weighted by atomic mass is 10.1. The van der Waals surface area contributed by atoms with Crippen molar-refractivity contribution in [1.29, 1.82) is 0 Å². The Balaban J connectivity index is 1.45. The third-order valence-electron chi connectivity index (χ3n) is 4.64. The van der Waals surface area contributed by atoms with Crippen LogP contribution in [0.15, 0.2) is 59.0 Å². The monoisotopic (exact) mass is 406 g/mol. The summed E-state index contributed by atoms with van der Waals surface area (Å²) in [4.78, 5) is 17.2. The van der Waals surface area contributed by atoms with E-state index in [0.717, 1.165) is 11.1 Å². The number of carbonyl (C=O) groups excluding carboxylic acids is 1. The molecule has 3 aromatic carbocycles. The van der Waals surface area contributed by atoms with Gasteiger partial charge in [-0.2, -0.15) is 0 Å². The van der Waals surface area contributed by atoms with Gasteiger partial charge >= 0.3 is 0 Å². The molecule has 1 aliphatic heterocycles. The van der Waals surface area contributed by atoms with E-state index in [4.69, 9.17) is 25.5 Å². The molecule has 0 spiro atoms. The number of rotatable bonds is 3. The number of fused-ring (bicyclic) bond motifs is 2. The van der Waals surface area contributed by atoms with Crippen LogP contribution in [0.4, 0.5) is 5.69 Å². The van der Waals surface area contributed by atoms with E-state index < -0.39 is 0 Å². The third kappa shape index (κ3) is 3.28. The van der Waals surface area contributed by atoms with Crippen LogP contribution in [-0.2, 0) is 0 Å². The molecular formula is C22H15ClN2O4. The summed E-state index contributed by atoms with van der Waals surface area (Å²) in [5, 5.41) is 3.25. The van der Waals surface area contributed by atoms with Crippen molar-refractivity contribution in [3.8, 4) is 23.0 Å². The highest BCUT2D eigenvalue weighted by molar-refractivity contribution is 6.34. The molecule has 0 bridgehead atoms. The van der Waals surface area contributed by atoms with Gasteiger partial charge < -0.3 is 19.2 Å². The summed E-state index contributed by atoms with van der Waals surface area (Å²) < 4.78 is 16.5. The number of hydrogen-bond acceptors (Lipinski definition) is 5. The molecule has 7 heteroatoms. The van der Waals surface area contributed by atoms with Gasteiger partial charge in [0.2, 0.25) is 12.7 Å². The summed E-state index contributed by atoms with van der Waals surface area (Å²) in [6.45, 7) is 2.14. The number of hydrogen-bond donors (Lipinski definition) is 1. The minimum absolute atomic E-state index is 0.151. The molecule has 0 radical (unpaired) electrons. The van der Waals surface area contributed by atoms with Gasteiger partial charge in [-0.3, -0.25) is 4.79 Å². The third-order valence-corrected chi connectivity index (χ3v) is 4.97. The van der Waals surface area contributed by atoms with E-state index in [9.17, 15) is 4.79 Å². The second-order valence-electron chi connectivity index (χ2n) is 6.71. The van der Waals surface area contributed by atoms with Crippen LogP contribution >= 0.6 is 11.6 Å². The predicted molar refractivity (Wildman–Crippen MR) is 110 cm³/mol. The standard InChI is InChI=1S/C22H15ClN2O4/c1-12-2-6-16-19(8-12)29-22(25-16)14-3-5-15(23)17(9-14)24-21(26)13-4-7-18-20(10-13)28-11-27-18/h2-10H,11H2,1H3,(H,24,26). The number of oxazole rings is 1. The first-order valence-electron chi connectivity index (χ1n) is 8.95. The van der Waals surface area contributed by atoms with Gasteiger partial charge in [0.15, 0.2) is 17.1 Å². The molecule has 1 aromatic heterocycles. The average Bonchev–Trinajstić information content (AvgIpc) is 3.35. The van der Waals surface area contributed by atoms with Gasteiger partial charge in [0.25, 0.3) is 5.91 Å². The van der Waals surface area contributed by atoms with Gasteiger partial charge in [0, 0.05) is 11.1 Å². The molecule has 4 aromatic rings. The van der Waals surface area contributed by atoms with Crippen molar-refractivity contribution >= 4 is 34.3 Å². The Bertz CT molecular complexity index is 1270. The summed E-state index contributed by atoms with van der Waals surface area (Å²) in [7, 11) is 0. The van der Waals surface area contributed by atoms with Crippen molar-refractivity contribution in [2.75, 3.05) is 12.1 Å². The van der Waals surface area contributed by atoms with Crippen molar-refractivity contribution < 1.29 is 18.7 Å². The molecule has 2 heterocycles. The Labute approximate surface area is 171 Å². The number of ether oxygens (including phenoxy) is 2. The summed E-state index contributed by atoms with van der Waals surface area (Å²) in [6.07, 6.45) is 0. The second kappa shape index (κ2) is 6.83. The van der Waals surface area contributed by atoms with Crippen molar-refractivity contribution in [2.24, 2.45) is 0 Å². The van der Waals surface area contributed by atoms with Crippen LogP contribution in [0.3, 0.4) is 0 Å². The number of nitrogens with zero attached hydrogens (tertiary/aromatic N) is 1. The van der Waals surface area contributed by atoms with Crippen molar-refractivity contribution in [1.82, 2.24) is 4.98 Å². The molecular weight excluding hydrogens is 392 g/mol. The smallest absolute Gasteiger partial charge is 0.255 e. The lowest BCUT2D eigenvalue weighted by Crippen LogP contribution is -2.12. The van der Waals surface area contributed by atoms with E-state index in [-0.39, 0.29) is 12.7 Å². The first-order valence-corrected chi connectivity index (χ1v) is 9.33. The Morgan fingerprint density at radius 1 is 1.03 bits per heavy atom. The number of amides is 1. The molecule has 0 fully saturated rings. The fourth-order valence-electron chi connectivity index (χ4n) is 3.14. The van der Waals surface area contributed by atoms with Crippen molar-refractivity contribution in [3.05, 3.63) is 70.7 Å². The van der Waals surface area contributed by atoms with E-state index in [2.05, 4.69) is 10.3 Å².